The summed E-state index contributed by atoms with van der Waals surface area (Å²) < 4.78 is 6.35. The van der Waals surface area contributed by atoms with Crippen LogP contribution in [-0.2, 0) is 4.79 Å². The van der Waals surface area contributed by atoms with Gasteiger partial charge in [0.1, 0.15) is 17.4 Å². The van der Waals surface area contributed by atoms with Crippen molar-refractivity contribution < 1.29 is 9.53 Å². The number of hydrogen-bond donors (Lipinski definition) is 1. The molecular formula is C19H15N3O2S. The summed E-state index contributed by atoms with van der Waals surface area (Å²) in [5.41, 5.74) is 1.58. The van der Waals surface area contributed by atoms with E-state index >= 15 is 0 Å². The Balaban J connectivity index is 1.77. The fourth-order valence-corrected chi connectivity index (χ4v) is 3.09. The van der Waals surface area contributed by atoms with E-state index in [0.717, 1.165) is 21.5 Å². The number of para-hydroxylation sites is 1. The summed E-state index contributed by atoms with van der Waals surface area (Å²) in [7, 11) is 0. The van der Waals surface area contributed by atoms with Crippen molar-refractivity contribution in [2.45, 2.75) is 6.92 Å². The molecule has 0 fully saturated rings. The number of carbonyl (C=O) groups is 1. The van der Waals surface area contributed by atoms with Gasteiger partial charge >= 0.3 is 0 Å². The second kappa shape index (κ2) is 7.60. The Morgan fingerprint density at radius 1 is 1.28 bits per heavy atom. The third-order valence-corrected chi connectivity index (χ3v) is 4.33. The van der Waals surface area contributed by atoms with Crippen LogP contribution in [0.5, 0.6) is 5.75 Å². The minimum atomic E-state index is -0.476. The number of amides is 1. The lowest BCUT2D eigenvalue weighted by atomic mass is 10.1. The van der Waals surface area contributed by atoms with Crippen LogP contribution in [0.25, 0.3) is 16.3 Å². The van der Waals surface area contributed by atoms with Crippen LogP contribution >= 0.6 is 11.3 Å². The smallest absolute Gasteiger partial charge is 0.268 e. The number of nitrogens with zero attached hydrogens (tertiary/aromatic N) is 2. The van der Waals surface area contributed by atoms with Crippen LogP contribution in [0.15, 0.2) is 54.1 Å². The first-order chi connectivity index (χ1) is 12.2. The Hall–Kier alpha value is -3.17. The van der Waals surface area contributed by atoms with E-state index in [1.54, 1.807) is 30.3 Å². The first-order valence-corrected chi connectivity index (χ1v) is 8.53. The molecular weight excluding hydrogens is 334 g/mol. The SMILES string of the molecule is CCOc1ccc(/C=C(\C#N)C(=O)Nc2nc3ccccc3s2)cc1. The maximum Gasteiger partial charge on any atom is 0.268 e. The second-order valence-corrected chi connectivity index (χ2v) is 6.14. The molecule has 0 aliphatic rings. The van der Waals surface area contributed by atoms with Gasteiger partial charge in [0, 0.05) is 0 Å². The molecule has 5 nitrogen and oxygen atoms in total. The van der Waals surface area contributed by atoms with Crippen molar-refractivity contribution in [3.8, 4) is 11.8 Å². The highest BCUT2D eigenvalue weighted by atomic mass is 32.1. The van der Waals surface area contributed by atoms with Crippen molar-refractivity contribution in [2.75, 3.05) is 11.9 Å². The zero-order valence-electron chi connectivity index (χ0n) is 13.5. The van der Waals surface area contributed by atoms with Crippen molar-refractivity contribution in [3.05, 3.63) is 59.7 Å². The molecule has 0 spiro atoms. The first-order valence-electron chi connectivity index (χ1n) is 7.71. The van der Waals surface area contributed by atoms with E-state index < -0.39 is 5.91 Å². The molecule has 2 aromatic carbocycles. The second-order valence-electron chi connectivity index (χ2n) is 5.11. The molecule has 1 amide bonds. The van der Waals surface area contributed by atoms with Gasteiger partial charge in [0.2, 0.25) is 0 Å². The van der Waals surface area contributed by atoms with Crippen LogP contribution in [0.2, 0.25) is 0 Å². The molecule has 0 radical (unpaired) electrons. The van der Waals surface area contributed by atoms with Crippen LogP contribution in [-0.4, -0.2) is 17.5 Å². The van der Waals surface area contributed by atoms with E-state index in [1.165, 1.54) is 11.3 Å². The van der Waals surface area contributed by atoms with Crippen LogP contribution in [0.3, 0.4) is 0 Å². The Kier molecular flexibility index (Phi) is 5.07. The van der Waals surface area contributed by atoms with Gasteiger partial charge < -0.3 is 4.74 Å². The Labute approximate surface area is 149 Å². The molecule has 124 valence electrons. The van der Waals surface area contributed by atoms with Gasteiger partial charge in [0.05, 0.1) is 16.8 Å². The zero-order valence-corrected chi connectivity index (χ0v) is 14.3. The quantitative estimate of drug-likeness (QED) is 0.552. The number of nitrogens with one attached hydrogen (secondary N) is 1. The molecule has 1 aromatic heterocycles. The first kappa shape index (κ1) is 16.7. The summed E-state index contributed by atoms with van der Waals surface area (Å²) in [4.78, 5) is 16.7. The van der Waals surface area contributed by atoms with E-state index in [0.29, 0.717) is 11.7 Å². The normalized spacial score (nSPS) is 11.1. The molecule has 1 N–H and O–H groups in total. The molecule has 6 heteroatoms. The summed E-state index contributed by atoms with van der Waals surface area (Å²) in [6.07, 6.45) is 1.54. The molecule has 25 heavy (non-hydrogen) atoms. The topological polar surface area (TPSA) is 75.0 Å². The molecule has 3 rings (SSSR count). The third kappa shape index (κ3) is 4.03. The monoisotopic (exact) mass is 349 g/mol. The fourth-order valence-electron chi connectivity index (χ4n) is 2.23. The third-order valence-electron chi connectivity index (χ3n) is 3.38. The highest BCUT2D eigenvalue weighted by molar-refractivity contribution is 7.22. The molecule has 0 aliphatic carbocycles. The lowest BCUT2D eigenvalue weighted by Gasteiger charge is -2.03. The fraction of sp³-hybridized carbons (Fsp3) is 0.105. The predicted octanol–water partition coefficient (Wildman–Crippen LogP) is 4.24. The van der Waals surface area contributed by atoms with Gasteiger partial charge in [0.15, 0.2) is 5.13 Å². The number of hydrogen-bond acceptors (Lipinski definition) is 5. The molecule has 0 aliphatic heterocycles. The van der Waals surface area contributed by atoms with E-state index in [4.69, 9.17) is 4.74 Å². The number of fused-ring (bicyclic) bond motifs is 1. The van der Waals surface area contributed by atoms with Gasteiger partial charge in [-0.05, 0) is 42.8 Å². The van der Waals surface area contributed by atoms with Gasteiger partial charge in [-0.3, -0.25) is 10.1 Å². The van der Waals surface area contributed by atoms with Crippen LogP contribution in [0, 0.1) is 11.3 Å². The highest BCUT2D eigenvalue weighted by Gasteiger charge is 2.12. The lowest BCUT2D eigenvalue weighted by molar-refractivity contribution is -0.112. The summed E-state index contributed by atoms with van der Waals surface area (Å²) in [5, 5.41) is 12.5. The minimum Gasteiger partial charge on any atom is -0.494 e. The summed E-state index contributed by atoms with van der Waals surface area (Å²) in [6.45, 7) is 2.50. The largest absolute Gasteiger partial charge is 0.494 e. The van der Waals surface area contributed by atoms with Crippen LogP contribution < -0.4 is 10.1 Å². The number of nitriles is 1. The standard InChI is InChI=1S/C19H15N3O2S/c1-2-24-15-9-7-13(8-10-15)11-14(12-20)18(23)22-19-21-16-5-3-4-6-17(16)25-19/h3-11H,2H2,1H3,(H,21,22,23)/b14-11+. The van der Waals surface area contributed by atoms with Crippen molar-refractivity contribution in [1.82, 2.24) is 4.98 Å². The van der Waals surface area contributed by atoms with E-state index in [2.05, 4.69) is 10.3 Å². The summed E-state index contributed by atoms with van der Waals surface area (Å²) in [6, 6.07) is 16.8. The summed E-state index contributed by atoms with van der Waals surface area (Å²) in [5.74, 6) is 0.271. The highest BCUT2D eigenvalue weighted by Crippen LogP contribution is 2.25. The lowest BCUT2D eigenvalue weighted by Crippen LogP contribution is -2.13. The molecule has 0 unspecified atom stereocenters. The number of rotatable bonds is 5. The molecule has 1 heterocycles. The van der Waals surface area contributed by atoms with Crippen molar-refractivity contribution in [1.29, 1.82) is 5.26 Å². The Bertz CT molecular complexity index is 935. The number of anilines is 1. The molecule has 0 atom stereocenters. The number of benzene rings is 2. The number of thiazole rings is 1. The molecule has 3 aromatic rings. The molecule has 0 bridgehead atoms. The maximum absolute atomic E-state index is 12.3. The summed E-state index contributed by atoms with van der Waals surface area (Å²) >= 11 is 1.37. The van der Waals surface area contributed by atoms with E-state index in [-0.39, 0.29) is 5.57 Å². The van der Waals surface area contributed by atoms with Gasteiger partial charge in [-0.25, -0.2) is 4.98 Å². The van der Waals surface area contributed by atoms with Crippen molar-refractivity contribution in [3.63, 3.8) is 0 Å². The molecule has 0 saturated heterocycles. The average molecular weight is 349 g/mol. The Morgan fingerprint density at radius 2 is 2.04 bits per heavy atom. The van der Waals surface area contributed by atoms with Gasteiger partial charge in [0.25, 0.3) is 5.91 Å². The predicted molar refractivity (Wildman–Crippen MR) is 99.5 cm³/mol. The van der Waals surface area contributed by atoms with Crippen molar-refractivity contribution >= 4 is 38.7 Å². The zero-order chi connectivity index (χ0) is 17.6. The van der Waals surface area contributed by atoms with Crippen LogP contribution in [0.1, 0.15) is 12.5 Å². The number of carbonyl (C=O) groups excluding carboxylic acids is 1. The van der Waals surface area contributed by atoms with Gasteiger partial charge in [-0.1, -0.05) is 35.6 Å². The van der Waals surface area contributed by atoms with E-state index in [9.17, 15) is 10.1 Å². The van der Waals surface area contributed by atoms with Gasteiger partial charge in [-0.2, -0.15) is 5.26 Å². The number of ether oxygens (including phenoxy) is 1. The number of aromatic nitrogens is 1. The van der Waals surface area contributed by atoms with Crippen LogP contribution in [0.4, 0.5) is 5.13 Å². The van der Waals surface area contributed by atoms with E-state index in [1.807, 2.05) is 37.3 Å². The Morgan fingerprint density at radius 3 is 2.72 bits per heavy atom. The average Bonchev–Trinajstić information content (AvgIpc) is 3.03. The minimum absolute atomic E-state index is 0.0171. The van der Waals surface area contributed by atoms with Gasteiger partial charge in [-0.15, -0.1) is 0 Å². The van der Waals surface area contributed by atoms with Crippen molar-refractivity contribution in [2.24, 2.45) is 0 Å². The molecule has 0 saturated carbocycles. The maximum atomic E-state index is 12.3.